The van der Waals surface area contributed by atoms with E-state index in [1.54, 1.807) is 12.1 Å². The van der Waals surface area contributed by atoms with Gasteiger partial charge in [-0.15, -0.1) is 0 Å². The third-order valence-corrected chi connectivity index (χ3v) is 4.96. The molecule has 0 bridgehead atoms. The van der Waals surface area contributed by atoms with Crippen molar-refractivity contribution in [1.29, 1.82) is 0 Å². The van der Waals surface area contributed by atoms with Crippen LogP contribution in [-0.4, -0.2) is 34.4 Å². The quantitative estimate of drug-likeness (QED) is 0.568. The van der Waals surface area contributed by atoms with Crippen LogP contribution in [0.5, 0.6) is 5.75 Å². The lowest BCUT2D eigenvalue weighted by Crippen LogP contribution is -2.43. The monoisotopic (exact) mass is 369 g/mol. The number of rotatable bonds is 3. The van der Waals surface area contributed by atoms with E-state index in [0.717, 1.165) is 34.2 Å². The van der Waals surface area contributed by atoms with Gasteiger partial charge >= 0.3 is 6.03 Å². The van der Waals surface area contributed by atoms with Crippen LogP contribution in [0.4, 0.5) is 14.9 Å². The van der Waals surface area contributed by atoms with Crippen LogP contribution in [-0.2, 0) is 21.5 Å². The number of nitrogens with one attached hydrogen (secondary N) is 2. The van der Waals surface area contributed by atoms with Crippen molar-refractivity contribution < 1.29 is 23.9 Å². The van der Waals surface area contributed by atoms with Gasteiger partial charge in [0.15, 0.2) is 0 Å². The number of aryl methyl sites for hydroxylation is 1. The number of anilines is 1. The first kappa shape index (κ1) is 17.0. The van der Waals surface area contributed by atoms with Crippen molar-refractivity contribution >= 4 is 23.5 Å². The summed E-state index contributed by atoms with van der Waals surface area (Å²) in [5.41, 5.74) is 0.457. The summed E-state index contributed by atoms with van der Waals surface area (Å²) in [5, 5.41) is 14.7. The summed E-state index contributed by atoms with van der Waals surface area (Å²) < 4.78 is 13.3. The lowest BCUT2D eigenvalue weighted by Gasteiger charge is -2.22. The van der Waals surface area contributed by atoms with Gasteiger partial charge in [-0.2, -0.15) is 0 Å². The number of carbonyl (C=O) groups is 3. The molecule has 3 N–H and O–H groups in total. The highest BCUT2D eigenvalue weighted by Crippen LogP contribution is 2.41. The van der Waals surface area contributed by atoms with E-state index in [9.17, 15) is 23.9 Å². The highest BCUT2D eigenvalue weighted by molar-refractivity contribution is 6.11. The Labute approximate surface area is 153 Å². The number of urea groups is 1. The zero-order valence-electron chi connectivity index (χ0n) is 14.2. The Hall–Kier alpha value is -3.42. The molecule has 0 aromatic heterocycles. The lowest BCUT2D eigenvalue weighted by atomic mass is 9.92. The highest BCUT2D eigenvalue weighted by Gasteiger charge is 2.55. The second-order valence-electron chi connectivity index (χ2n) is 6.59. The maximum Gasteiger partial charge on any atom is 0.325 e. The van der Waals surface area contributed by atoms with Crippen LogP contribution in [0.3, 0.4) is 0 Å². The maximum absolute atomic E-state index is 13.3. The van der Waals surface area contributed by atoms with Gasteiger partial charge in [-0.25, -0.2) is 9.18 Å². The second-order valence-corrected chi connectivity index (χ2v) is 6.59. The Balaban J connectivity index is 1.54. The number of hydrogen-bond donors (Lipinski definition) is 3. The topological polar surface area (TPSA) is 98.7 Å². The first-order valence-electron chi connectivity index (χ1n) is 8.41. The number of aromatic hydroxyl groups is 1. The van der Waals surface area contributed by atoms with Gasteiger partial charge in [0.05, 0.1) is 5.69 Å². The van der Waals surface area contributed by atoms with Gasteiger partial charge in [-0.05, 0) is 36.1 Å². The van der Waals surface area contributed by atoms with E-state index >= 15 is 0 Å². The summed E-state index contributed by atoms with van der Waals surface area (Å²) in [4.78, 5) is 38.4. The summed E-state index contributed by atoms with van der Waals surface area (Å²) in [7, 11) is 0. The molecular weight excluding hydrogens is 353 g/mol. The Bertz CT molecular complexity index is 977. The van der Waals surface area contributed by atoms with Crippen molar-refractivity contribution in [2.45, 2.75) is 18.4 Å². The Morgan fingerprint density at radius 2 is 2.04 bits per heavy atom. The molecule has 1 aliphatic heterocycles. The highest BCUT2D eigenvalue weighted by atomic mass is 19.1. The number of phenols is 1. The third kappa shape index (κ3) is 2.69. The van der Waals surface area contributed by atoms with Crippen molar-refractivity contribution in [2.75, 3.05) is 11.9 Å². The molecule has 8 heteroatoms. The number of hydrogen-bond acceptors (Lipinski definition) is 4. The zero-order chi connectivity index (χ0) is 19.2. The first-order chi connectivity index (χ1) is 12.9. The molecule has 1 unspecified atom stereocenters. The molecule has 1 saturated heterocycles. The third-order valence-electron chi connectivity index (χ3n) is 4.96. The van der Waals surface area contributed by atoms with Crippen LogP contribution in [0.2, 0.25) is 0 Å². The molecule has 1 heterocycles. The molecule has 1 spiro atoms. The maximum atomic E-state index is 13.3. The van der Waals surface area contributed by atoms with Gasteiger partial charge in [0.1, 0.15) is 23.7 Å². The van der Waals surface area contributed by atoms with Gasteiger partial charge in [-0.1, -0.05) is 24.3 Å². The molecule has 0 saturated carbocycles. The van der Waals surface area contributed by atoms with E-state index in [1.165, 1.54) is 0 Å². The van der Waals surface area contributed by atoms with Gasteiger partial charge in [0.25, 0.3) is 5.91 Å². The molecule has 1 aliphatic carbocycles. The van der Waals surface area contributed by atoms with Crippen molar-refractivity contribution in [3.8, 4) is 5.75 Å². The largest absolute Gasteiger partial charge is 0.506 e. The van der Waals surface area contributed by atoms with Gasteiger partial charge in [0.2, 0.25) is 5.91 Å². The summed E-state index contributed by atoms with van der Waals surface area (Å²) in [6.07, 6.45) is 1.08. The molecule has 2 aliphatic rings. The van der Waals surface area contributed by atoms with E-state index in [4.69, 9.17) is 0 Å². The number of imide groups is 1. The summed E-state index contributed by atoms with van der Waals surface area (Å²) in [6.45, 7) is -0.537. The lowest BCUT2D eigenvalue weighted by molar-refractivity contribution is -0.134. The van der Waals surface area contributed by atoms with Crippen LogP contribution in [0.1, 0.15) is 17.5 Å². The average molecular weight is 369 g/mol. The fourth-order valence-electron chi connectivity index (χ4n) is 3.67. The van der Waals surface area contributed by atoms with Crippen molar-refractivity contribution in [3.63, 3.8) is 0 Å². The number of phenolic OH excluding ortho intramolecular Hbond substituents is 1. The zero-order valence-corrected chi connectivity index (χ0v) is 14.2. The fraction of sp³-hybridized carbons (Fsp3) is 0.211. The first-order valence-corrected chi connectivity index (χ1v) is 8.41. The molecular formula is C19H16FN3O4. The van der Waals surface area contributed by atoms with Crippen LogP contribution in [0.15, 0.2) is 42.5 Å². The Kier molecular flexibility index (Phi) is 3.83. The van der Waals surface area contributed by atoms with E-state index < -0.39 is 35.7 Å². The number of carbonyl (C=O) groups excluding carboxylic acids is 3. The van der Waals surface area contributed by atoms with E-state index in [0.29, 0.717) is 12.8 Å². The molecule has 7 nitrogen and oxygen atoms in total. The van der Waals surface area contributed by atoms with Crippen LogP contribution >= 0.6 is 0 Å². The normalized spacial score (nSPS) is 20.7. The molecule has 2 aromatic carbocycles. The van der Waals surface area contributed by atoms with E-state index in [2.05, 4.69) is 10.6 Å². The SMILES string of the molecule is O=C(CN1C(=O)NC2(CCc3ccccc32)C1=O)Nc1cc(F)ccc1O. The minimum Gasteiger partial charge on any atom is -0.506 e. The second kappa shape index (κ2) is 6.08. The fourth-order valence-corrected chi connectivity index (χ4v) is 3.67. The number of benzene rings is 2. The number of nitrogens with zero attached hydrogens (tertiary/aromatic N) is 1. The summed E-state index contributed by atoms with van der Waals surface area (Å²) in [5.74, 6) is -2.17. The molecule has 4 amide bonds. The molecule has 1 fully saturated rings. The van der Waals surface area contributed by atoms with E-state index in [-0.39, 0.29) is 11.4 Å². The average Bonchev–Trinajstić information content (AvgIpc) is 3.12. The predicted molar refractivity (Wildman–Crippen MR) is 93.4 cm³/mol. The molecule has 1 atom stereocenters. The number of fused-ring (bicyclic) bond motifs is 2. The Morgan fingerprint density at radius 1 is 1.26 bits per heavy atom. The molecule has 4 rings (SSSR count). The minimum atomic E-state index is -1.14. The standard InChI is InChI=1S/C19H16FN3O4/c20-12-5-6-15(24)14(9-12)21-16(25)10-23-17(26)19(22-18(23)27)8-7-11-3-1-2-4-13(11)19/h1-6,9,24H,7-8,10H2,(H,21,25)(H,22,27). The van der Waals surface area contributed by atoms with Crippen molar-refractivity contribution in [1.82, 2.24) is 10.2 Å². The summed E-state index contributed by atoms with van der Waals surface area (Å²) >= 11 is 0. The van der Waals surface area contributed by atoms with Crippen LogP contribution in [0, 0.1) is 5.82 Å². The van der Waals surface area contributed by atoms with Gasteiger partial charge in [0, 0.05) is 6.07 Å². The molecule has 2 aromatic rings. The minimum absolute atomic E-state index is 0.132. The molecule has 138 valence electrons. The number of halogens is 1. The van der Waals surface area contributed by atoms with Crippen LogP contribution < -0.4 is 10.6 Å². The predicted octanol–water partition coefficient (Wildman–Crippen LogP) is 1.86. The van der Waals surface area contributed by atoms with Gasteiger partial charge in [-0.3, -0.25) is 14.5 Å². The summed E-state index contributed by atoms with van der Waals surface area (Å²) in [6, 6.07) is 9.82. The molecule has 0 radical (unpaired) electrons. The van der Waals surface area contributed by atoms with Crippen LogP contribution in [0.25, 0.3) is 0 Å². The number of amides is 4. The smallest absolute Gasteiger partial charge is 0.325 e. The van der Waals surface area contributed by atoms with Crippen molar-refractivity contribution in [2.24, 2.45) is 0 Å². The van der Waals surface area contributed by atoms with Gasteiger partial charge < -0.3 is 15.7 Å². The Morgan fingerprint density at radius 3 is 2.85 bits per heavy atom. The molecule has 27 heavy (non-hydrogen) atoms. The van der Waals surface area contributed by atoms with E-state index in [1.807, 2.05) is 12.1 Å². The van der Waals surface area contributed by atoms with Crippen molar-refractivity contribution in [3.05, 3.63) is 59.4 Å².